The van der Waals surface area contributed by atoms with Crippen molar-refractivity contribution in [2.45, 2.75) is 19.9 Å². The summed E-state index contributed by atoms with van der Waals surface area (Å²) in [6.07, 6.45) is 4.51. The molecule has 0 atom stereocenters. The minimum Gasteiger partial charge on any atom is -0.480 e. The Morgan fingerprint density at radius 1 is 1.71 bits per heavy atom. The first-order valence-corrected chi connectivity index (χ1v) is 5.63. The van der Waals surface area contributed by atoms with Crippen molar-refractivity contribution in [3.05, 3.63) is 30.1 Å². The number of carboxylic acid groups (broad SMARTS) is 1. The maximum Gasteiger partial charge on any atom is 0.317 e. The molecule has 0 spiro atoms. The summed E-state index contributed by atoms with van der Waals surface area (Å²) in [5, 5.41) is 13.2. The molecule has 1 rings (SSSR count). The second-order valence-electron chi connectivity index (χ2n) is 3.98. The number of nitrogens with zero attached hydrogens (tertiary/aromatic N) is 3. The molecule has 17 heavy (non-hydrogen) atoms. The highest BCUT2D eigenvalue weighted by Crippen LogP contribution is 2.10. The Morgan fingerprint density at radius 2 is 2.41 bits per heavy atom. The molecule has 0 aliphatic carbocycles. The van der Waals surface area contributed by atoms with E-state index in [0.717, 1.165) is 17.7 Å². The van der Waals surface area contributed by atoms with Crippen LogP contribution < -0.4 is 0 Å². The monoisotopic (exact) mass is 237 g/mol. The van der Waals surface area contributed by atoms with Crippen molar-refractivity contribution in [3.8, 4) is 0 Å². The molecular weight excluding hydrogens is 218 g/mol. The number of hydrogen-bond acceptors (Lipinski definition) is 3. The van der Waals surface area contributed by atoms with E-state index in [1.165, 1.54) is 0 Å². The Hall–Kier alpha value is -1.62. The number of carboxylic acids is 1. The fourth-order valence-electron chi connectivity index (χ4n) is 1.81. The normalized spacial score (nSPS) is 10.8. The highest BCUT2D eigenvalue weighted by atomic mass is 16.4. The van der Waals surface area contributed by atoms with Crippen LogP contribution >= 0.6 is 0 Å². The van der Waals surface area contributed by atoms with Crippen LogP contribution in [-0.4, -0.2) is 38.8 Å². The maximum absolute atomic E-state index is 10.7. The minimum atomic E-state index is -0.825. The van der Waals surface area contributed by atoms with Crippen LogP contribution in [0.5, 0.6) is 0 Å². The first-order chi connectivity index (χ1) is 8.06. The first kappa shape index (κ1) is 13.4. The molecule has 0 amide bonds. The van der Waals surface area contributed by atoms with Crippen molar-refractivity contribution >= 4 is 5.97 Å². The van der Waals surface area contributed by atoms with E-state index in [4.69, 9.17) is 5.11 Å². The van der Waals surface area contributed by atoms with Crippen LogP contribution in [0.15, 0.2) is 18.9 Å². The molecule has 0 bridgehead atoms. The number of aryl methyl sites for hydroxylation is 2. The van der Waals surface area contributed by atoms with Crippen LogP contribution in [-0.2, 0) is 24.8 Å². The molecule has 0 fully saturated rings. The van der Waals surface area contributed by atoms with Crippen molar-refractivity contribution in [2.75, 3.05) is 13.1 Å². The van der Waals surface area contributed by atoms with Gasteiger partial charge in [0.25, 0.3) is 0 Å². The Bertz CT molecular complexity index is 398. The van der Waals surface area contributed by atoms with Crippen LogP contribution in [0.3, 0.4) is 0 Å². The van der Waals surface area contributed by atoms with Gasteiger partial charge in [0.2, 0.25) is 0 Å². The molecule has 0 radical (unpaired) electrons. The van der Waals surface area contributed by atoms with Crippen molar-refractivity contribution in [3.63, 3.8) is 0 Å². The lowest BCUT2D eigenvalue weighted by Crippen LogP contribution is -2.29. The molecule has 1 aromatic rings. The van der Waals surface area contributed by atoms with E-state index in [1.807, 2.05) is 25.1 Å². The van der Waals surface area contributed by atoms with E-state index in [-0.39, 0.29) is 6.54 Å². The van der Waals surface area contributed by atoms with Gasteiger partial charge < -0.3 is 5.11 Å². The van der Waals surface area contributed by atoms with E-state index >= 15 is 0 Å². The highest BCUT2D eigenvalue weighted by molar-refractivity contribution is 5.69. The van der Waals surface area contributed by atoms with Gasteiger partial charge in [0.05, 0.1) is 12.2 Å². The number of carbonyl (C=O) groups is 1. The zero-order chi connectivity index (χ0) is 12.8. The molecule has 94 valence electrons. The molecule has 1 aromatic heterocycles. The van der Waals surface area contributed by atoms with Gasteiger partial charge in [0, 0.05) is 31.9 Å². The van der Waals surface area contributed by atoms with Crippen LogP contribution in [0, 0.1) is 0 Å². The van der Waals surface area contributed by atoms with Gasteiger partial charge in [-0.25, -0.2) is 0 Å². The molecule has 1 N–H and O–H groups in total. The van der Waals surface area contributed by atoms with Crippen LogP contribution in [0.1, 0.15) is 18.2 Å². The van der Waals surface area contributed by atoms with Crippen molar-refractivity contribution in [1.29, 1.82) is 0 Å². The molecule has 0 saturated heterocycles. The van der Waals surface area contributed by atoms with Gasteiger partial charge in [0.15, 0.2) is 0 Å². The summed E-state index contributed by atoms with van der Waals surface area (Å²) < 4.78 is 1.76. The number of hydrogen-bond donors (Lipinski definition) is 1. The number of aromatic nitrogens is 2. The van der Waals surface area contributed by atoms with Gasteiger partial charge in [-0.15, -0.1) is 6.58 Å². The SMILES string of the molecule is C=CCN(CC(=O)O)Cc1cn(C)nc1CC. The minimum absolute atomic E-state index is 0.0179. The first-order valence-electron chi connectivity index (χ1n) is 5.63. The van der Waals surface area contributed by atoms with Crippen molar-refractivity contribution in [2.24, 2.45) is 7.05 Å². The number of aliphatic carboxylic acids is 1. The van der Waals surface area contributed by atoms with Gasteiger partial charge in [-0.05, 0) is 6.42 Å². The Balaban J connectivity index is 2.76. The second-order valence-corrected chi connectivity index (χ2v) is 3.98. The van der Waals surface area contributed by atoms with E-state index < -0.39 is 5.97 Å². The summed E-state index contributed by atoms with van der Waals surface area (Å²) in [5.74, 6) is -0.825. The lowest BCUT2D eigenvalue weighted by Gasteiger charge is -2.17. The average molecular weight is 237 g/mol. The van der Waals surface area contributed by atoms with Crippen molar-refractivity contribution in [1.82, 2.24) is 14.7 Å². The lowest BCUT2D eigenvalue weighted by molar-refractivity contribution is -0.138. The summed E-state index contributed by atoms with van der Waals surface area (Å²) in [6.45, 7) is 6.85. The molecule has 0 saturated carbocycles. The Morgan fingerprint density at radius 3 is 2.94 bits per heavy atom. The summed E-state index contributed by atoms with van der Waals surface area (Å²) in [7, 11) is 1.87. The molecule has 5 nitrogen and oxygen atoms in total. The largest absolute Gasteiger partial charge is 0.480 e. The molecule has 0 aromatic carbocycles. The maximum atomic E-state index is 10.7. The third-order valence-electron chi connectivity index (χ3n) is 2.47. The second kappa shape index (κ2) is 6.20. The molecule has 0 aliphatic heterocycles. The summed E-state index contributed by atoms with van der Waals surface area (Å²) in [5.41, 5.74) is 2.10. The summed E-state index contributed by atoms with van der Waals surface area (Å²) in [4.78, 5) is 12.6. The van der Waals surface area contributed by atoms with Gasteiger partial charge in [-0.1, -0.05) is 13.0 Å². The molecular formula is C12H19N3O2. The van der Waals surface area contributed by atoms with E-state index in [1.54, 1.807) is 10.8 Å². The smallest absolute Gasteiger partial charge is 0.317 e. The average Bonchev–Trinajstić information content (AvgIpc) is 2.58. The standard InChI is InChI=1S/C12H19N3O2/c1-4-6-15(9-12(16)17)8-10-7-14(3)13-11(10)5-2/h4,7H,1,5-6,8-9H2,2-3H3,(H,16,17). The molecule has 0 aliphatic rings. The van der Waals surface area contributed by atoms with Crippen LogP contribution in [0.25, 0.3) is 0 Å². The number of rotatable bonds is 7. The van der Waals surface area contributed by atoms with Crippen LogP contribution in [0.2, 0.25) is 0 Å². The lowest BCUT2D eigenvalue weighted by atomic mass is 10.2. The van der Waals surface area contributed by atoms with Crippen molar-refractivity contribution < 1.29 is 9.90 Å². The highest BCUT2D eigenvalue weighted by Gasteiger charge is 2.13. The van der Waals surface area contributed by atoms with Gasteiger partial charge in [-0.3, -0.25) is 14.4 Å². The van der Waals surface area contributed by atoms with Crippen LogP contribution in [0.4, 0.5) is 0 Å². The zero-order valence-corrected chi connectivity index (χ0v) is 10.4. The third kappa shape index (κ3) is 4.03. The Kier molecular flexibility index (Phi) is 4.90. The van der Waals surface area contributed by atoms with Gasteiger partial charge >= 0.3 is 5.97 Å². The quantitative estimate of drug-likeness (QED) is 0.720. The van der Waals surface area contributed by atoms with E-state index in [0.29, 0.717) is 13.1 Å². The topological polar surface area (TPSA) is 58.4 Å². The predicted octanol–water partition coefficient (Wildman–Crippen LogP) is 1.06. The Labute approximate surface area is 101 Å². The van der Waals surface area contributed by atoms with E-state index in [2.05, 4.69) is 11.7 Å². The van der Waals surface area contributed by atoms with E-state index in [9.17, 15) is 4.79 Å². The predicted molar refractivity (Wildman–Crippen MR) is 65.7 cm³/mol. The molecule has 5 heteroatoms. The summed E-state index contributed by atoms with van der Waals surface area (Å²) in [6, 6.07) is 0. The summed E-state index contributed by atoms with van der Waals surface area (Å²) >= 11 is 0. The van der Waals surface area contributed by atoms with Gasteiger partial charge in [0.1, 0.15) is 0 Å². The zero-order valence-electron chi connectivity index (χ0n) is 10.4. The third-order valence-corrected chi connectivity index (χ3v) is 2.47. The molecule has 0 unspecified atom stereocenters. The fraction of sp³-hybridized carbons (Fsp3) is 0.500. The molecule has 1 heterocycles. The fourth-order valence-corrected chi connectivity index (χ4v) is 1.81. The van der Waals surface area contributed by atoms with Gasteiger partial charge in [-0.2, -0.15) is 5.10 Å².